The molecule has 0 aliphatic heterocycles. The molecule has 2 N–H and O–H groups in total. The number of H-pyrrole nitrogens is 1. The van der Waals surface area contributed by atoms with E-state index in [0.29, 0.717) is 10.6 Å². The minimum atomic E-state index is -0.0368. The van der Waals surface area contributed by atoms with Crippen LogP contribution < -0.4 is 0 Å². The summed E-state index contributed by atoms with van der Waals surface area (Å²) < 4.78 is 0. The lowest BCUT2D eigenvalue weighted by molar-refractivity contribution is 0.475. The third-order valence-electron chi connectivity index (χ3n) is 2.79. The molecule has 90 valence electrons. The van der Waals surface area contributed by atoms with Crippen molar-refractivity contribution in [3.63, 3.8) is 0 Å². The van der Waals surface area contributed by atoms with Crippen molar-refractivity contribution in [3.05, 3.63) is 46.4 Å². The number of aromatic amines is 1. The summed E-state index contributed by atoms with van der Waals surface area (Å²) >= 11 is 12.1. The molecule has 0 fully saturated rings. The van der Waals surface area contributed by atoms with Crippen LogP contribution in [0.3, 0.4) is 0 Å². The van der Waals surface area contributed by atoms with Crippen LogP contribution >= 0.6 is 23.2 Å². The second kappa shape index (κ2) is 4.19. The number of nitrogens with zero attached hydrogens (tertiary/aromatic N) is 1. The van der Waals surface area contributed by atoms with Gasteiger partial charge < -0.3 is 5.11 Å². The first-order valence-electron chi connectivity index (χ1n) is 5.29. The number of para-hydroxylation sites is 1. The number of halogens is 2. The fraction of sp³-hybridized carbons (Fsp3) is 0. The van der Waals surface area contributed by atoms with E-state index in [9.17, 15) is 5.11 Å². The van der Waals surface area contributed by atoms with Crippen LogP contribution in [0.15, 0.2) is 36.4 Å². The monoisotopic (exact) mass is 278 g/mol. The van der Waals surface area contributed by atoms with Gasteiger partial charge in [0.2, 0.25) is 0 Å². The van der Waals surface area contributed by atoms with Crippen molar-refractivity contribution in [2.45, 2.75) is 0 Å². The number of hydrogen-bond acceptors (Lipinski definition) is 2. The number of aromatic hydroxyl groups is 1. The third-order valence-corrected chi connectivity index (χ3v) is 3.66. The second-order valence-corrected chi connectivity index (χ2v) is 4.63. The topological polar surface area (TPSA) is 48.9 Å². The Morgan fingerprint density at radius 2 is 1.78 bits per heavy atom. The Hall–Kier alpha value is -1.71. The third kappa shape index (κ3) is 1.64. The Morgan fingerprint density at radius 1 is 1.00 bits per heavy atom. The van der Waals surface area contributed by atoms with Gasteiger partial charge in [-0.3, -0.25) is 5.10 Å². The molecule has 0 aliphatic carbocycles. The molecule has 3 nitrogen and oxygen atoms in total. The summed E-state index contributed by atoms with van der Waals surface area (Å²) in [5, 5.41) is 18.1. The maximum Gasteiger partial charge on any atom is 0.135 e. The summed E-state index contributed by atoms with van der Waals surface area (Å²) in [6.45, 7) is 0. The van der Waals surface area contributed by atoms with Crippen LogP contribution in [-0.2, 0) is 0 Å². The molecule has 0 atom stereocenters. The van der Waals surface area contributed by atoms with Gasteiger partial charge in [-0.2, -0.15) is 5.10 Å². The quantitative estimate of drug-likeness (QED) is 0.699. The first-order valence-corrected chi connectivity index (χ1v) is 6.04. The Labute approximate surface area is 113 Å². The van der Waals surface area contributed by atoms with Crippen molar-refractivity contribution in [2.24, 2.45) is 0 Å². The number of nitrogens with one attached hydrogen (secondary N) is 1. The lowest BCUT2D eigenvalue weighted by Gasteiger charge is -2.05. The number of rotatable bonds is 1. The number of aromatic nitrogens is 2. The van der Waals surface area contributed by atoms with E-state index in [1.165, 1.54) is 6.07 Å². The molecule has 0 saturated heterocycles. The molecule has 0 aliphatic rings. The predicted molar refractivity (Wildman–Crippen MR) is 73.2 cm³/mol. The van der Waals surface area contributed by atoms with Gasteiger partial charge in [0.05, 0.1) is 10.5 Å². The van der Waals surface area contributed by atoms with Crippen LogP contribution in [0.2, 0.25) is 10.0 Å². The van der Waals surface area contributed by atoms with Crippen LogP contribution in [0.4, 0.5) is 0 Å². The molecule has 3 rings (SSSR count). The maximum atomic E-state index is 9.49. The van der Waals surface area contributed by atoms with Crippen LogP contribution in [0.1, 0.15) is 0 Å². The van der Waals surface area contributed by atoms with E-state index in [0.717, 1.165) is 16.6 Å². The molecule has 3 aromatic rings. The van der Waals surface area contributed by atoms with E-state index in [1.807, 2.05) is 24.3 Å². The number of hydrogen-bond donors (Lipinski definition) is 2. The zero-order valence-corrected chi connectivity index (χ0v) is 10.6. The molecular formula is C13H8Cl2N2O. The summed E-state index contributed by atoms with van der Waals surface area (Å²) in [7, 11) is 0. The highest BCUT2D eigenvalue weighted by Gasteiger charge is 2.15. The van der Waals surface area contributed by atoms with E-state index >= 15 is 0 Å². The number of phenols is 1. The van der Waals surface area contributed by atoms with E-state index < -0.39 is 0 Å². The minimum absolute atomic E-state index is 0.0368. The first kappa shape index (κ1) is 11.4. The van der Waals surface area contributed by atoms with Crippen molar-refractivity contribution in [2.75, 3.05) is 0 Å². The molecule has 1 heterocycles. The summed E-state index contributed by atoms with van der Waals surface area (Å²) in [6, 6.07) is 10.9. The van der Waals surface area contributed by atoms with Crippen LogP contribution in [0.5, 0.6) is 5.75 Å². The summed E-state index contributed by atoms with van der Waals surface area (Å²) in [4.78, 5) is 0. The molecule has 0 spiro atoms. The lowest BCUT2D eigenvalue weighted by Crippen LogP contribution is -1.82. The van der Waals surface area contributed by atoms with Crippen molar-refractivity contribution < 1.29 is 5.11 Å². The van der Waals surface area contributed by atoms with Gasteiger partial charge in [-0.25, -0.2) is 0 Å². The van der Waals surface area contributed by atoms with Gasteiger partial charge in [0.25, 0.3) is 0 Å². The smallest absolute Gasteiger partial charge is 0.135 e. The number of benzene rings is 2. The largest absolute Gasteiger partial charge is 0.506 e. The van der Waals surface area contributed by atoms with Crippen molar-refractivity contribution in [3.8, 4) is 17.0 Å². The fourth-order valence-corrected chi connectivity index (χ4v) is 2.31. The second-order valence-electron chi connectivity index (χ2n) is 3.88. The standard InChI is InChI=1S/C13H8Cl2N2O/c14-11-8(5-6-10(18)12(11)15)13-7-3-1-2-4-9(7)16-17-13/h1-6,18H,(H,16,17). The van der Waals surface area contributed by atoms with Crippen molar-refractivity contribution >= 4 is 34.1 Å². The van der Waals surface area contributed by atoms with Gasteiger partial charge in [-0.1, -0.05) is 41.4 Å². The SMILES string of the molecule is Oc1ccc(-c2n[nH]c3ccccc23)c(Cl)c1Cl. The van der Waals surface area contributed by atoms with E-state index in [1.54, 1.807) is 6.07 Å². The molecule has 0 unspecified atom stereocenters. The Balaban J connectivity index is 2.30. The fourth-order valence-electron chi connectivity index (χ4n) is 1.89. The van der Waals surface area contributed by atoms with Crippen molar-refractivity contribution in [1.82, 2.24) is 10.2 Å². The Morgan fingerprint density at radius 3 is 2.61 bits per heavy atom. The average Bonchev–Trinajstić information content (AvgIpc) is 2.80. The van der Waals surface area contributed by atoms with Gasteiger partial charge in [0.1, 0.15) is 16.5 Å². The molecule has 0 saturated carbocycles. The highest BCUT2D eigenvalue weighted by Crippen LogP contribution is 2.40. The summed E-state index contributed by atoms with van der Waals surface area (Å²) in [5.41, 5.74) is 2.34. The predicted octanol–water partition coefficient (Wildman–Crippen LogP) is 4.24. The highest BCUT2D eigenvalue weighted by molar-refractivity contribution is 6.44. The van der Waals surface area contributed by atoms with Crippen LogP contribution in [0, 0.1) is 0 Å². The maximum absolute atomic E-state index is 9.49. The normalized spacial score (nSPS) is 11.0. The number of fused-ring (bicyclic) bond motifs is 1. The Kier molecular flexibility index (Phi) is 2.65. The number of phenolic OH excluding ortho intramolecular Hbond substituents is 1. The van der Waals surface area contributed by atoms with Crippen molar-refractivity contribution in [1.29, 1.82) is 0 Å². The lowest BCUT2D eigenvalue weighted by atomic mass is 10.1. The summed E-state index contributed by atoms with van der Waals surface area (Å²) in [6.07, 6.45) is 0. The van der Waals surface area contributed by atoms with E-state index in [2.05, 4.69) is 10.2 Å². The zero-order chi connectivity index (χ0) is 12.7. The van der Waals surface area contributed by atoms with Gasteiger partial charge >= 0.3 is 0 Å². The highest BCUT2D eigenvalue weighted by atomic mass is 35.5. The van der Waals surface area contributed by atoms with E-state index in [-0.39, 0.29) is 10.8 Å². The average molecular weight is 279 g/mol. The van der Waals surface area contributed by atoms with Crippen LogP contribution in [0.25, 0.3) is 22.2 Å². The Bertz CT molecular complexity index is 737. The first-order chi connectivity index (χ1) is 8.68. The van der Waals surface area contributed by atoms with Gasteiger partial charge in [0, 0.05) is 10.9 Å². The molecule has 0 bridgehead atoms. The molecular weight excluding hydrogens is 271 g/mol. The van der Waals surface area contributed by atoms with Gasteiger partial charge in [-0.05, 0) is 18.2 Å². The summed E-state index contributed by atoms with van der Waals surface area (Å²) in [5.74, 6) is -0.0368. The molecule has 2 aromatic carbocycles. The molecule has 0 amide bonds. The van der Waals surface area contributed by atoms with E-state index in [4.69, 9.17) is 23.2 Å². The molecule has 0 radical (unpaired) electrons. The van der Waals surface area contributed by atoms with Gasteiger partial charge in [0.15, 0.2) is 0 Å². The minimum Gasteiger partial charge on any atom is -0.506 e. The zero-order valence-electron chi connectivity index (χ0n) is 9.11. The van der Waals surface area contributed by atoms with Gasteiger partial charge in [-0.15, -0.1) is 0 Å². The molecule has 1 aromatic heterocycles. The van der Waals surface area contributed by atoms with Crippen LogP contribution in [-0.4, -0.2) is 15.3 Å². The molecule has 18 heavy (non-hydrogen) atoms. The molecule has 5 heteroatoms.